The van der Waals surface area contributed by atoms with E-state index in [9.17, 15) is 9.59 Å². The predicted molar refractivity (Wildman–Crippen MR) is 76.2 cm³/mol. The van der Waals surface area contributed by atoms with Gasteiger partial charge in [-0.05, 0) is 37.0 Å². The first kappa shape index (κ1) is 13.2. The molecule has 0 atom stereocenters. The number of rotatable bonds is 3. The summed E-state index contributed by atoms with van der Waals surface area (Å²) in [5, 5.41) is 0. The van der Waals surface area contributed by atoms with Crippen molar-refractivity contribution in [2.45, 2.75) is 32.2 Å². The van der Waals surface area contributed by atoms with E-state index in [0.717, 1.165) is 50.0 Å². The summed E-state index contributed by atoms with van der Waals surface area (Å²) in [7, 11) is 0. The minimum atomic E-state index is 0.122. The highest BCUT2D eigenvalue weighted by Gasteiger charge is 2.22. The van der Waals surface area contributed by atoms with Crippen LogP contribution in [-0.4, -0.2) is 41.2 Å². The molecule has 2 saturated heterocycles. The number of hydrogen-bond acceptors (Lipinski definition) is 2. The molecule has 20 heavy (non-hydrogen) atoms. The number of carbonyl (C=O) groups excluding carboxylic acids is 2. The van der Waals surface area contributed by atoms with Crippen molar-refractivity contribution in [3.63, 3.8) is 0 Å². The van der Waals surface area contributed by atoms with E-state index in [1.165, 1.54) is 0 Å². The van der Waals surface area contributed by atoms with Crippen molar-refractivity contribution >= 4 is 11.8 Å². The van der Waals surface area contributed by atoms with Gasteiger partial charge < -0.3 is 9.80 Å². The maximum atomic E-state index is 12.3. The van der Waals surface area contributed by atoms with Crippen LogP contribution in [0.15, 0.2) is 24.3 Å². The molecule has 1 aromatic carbocycles. The van der Waals surface area contributed by atoms with Crippen molar-refractivity contribution in [3.05, 3.63) is 35.4 Å². The van der Waals surface area contributed by atoms with Gasteiger partial charge in [0.05, 0.1) is 0 Å². The van der Waals surface area contributed by atoms with Crippen LogP contribution in [0.1, 0.15) is 41.6 Å². The lowest BCUT2D eigenvalue weighted by Crippen LogP contribution is -2.28. The van der Waals surface area contributed by atoms with Crippen molar-refractivity contribution in [1.82, 2.24) is 9.80 Å². The second-order valence-corrected chi connectivity index (χ2v) is 5.62. The highest BCUT2D eigenvalue weighted by Crippen LogP contribution is 2.17. The van der Waals surface area contributed by atoms with Gasteiger partial charge in [-0.15, -0.1) is 0 Å². The number of hydrogen-bond donors (Lipinski definition) is 0. The zero-order chi connectivity index (χ0) is 13.9. The summed E-state index contributed by atoms with van der Waals surface area (Å²) in [5.41, 5.74) is 1.79. The van der Waals surface area contributed by atoms with E-state index < -0.39 is 0 Å². The number of carbonyl (C=O) groups is 2. The van der Waals surface area contributed by atoms with Crippen LogP contribution in [0, 0.1) is 0 Å². The molecule has 0 bridgehead atoms. The lowest BCUT2D eigenvalue weighted by molar-refractivity contribution is -0.128. The summed E-state index contributed by atoms with van der Waals surface area (Å²) in [6.07, 6.45) is 3.82. The molecule has 2 aliphatic rings. The molecule has 2 amide bonds. The largest absolute Gasteiger partial charge is 0.339 e. The molecule has 2 fully saturated rings. The first-order chi connectivity index (χ1) is 9.74. The van der Waals surface area contributed by atoms with E-state index in [1.54, 1.807) is 0 Å². The van der Waals surface area contributed by atoms with Gasteiger partial charge in [-0.3, -0.25) is 9.59 Å². The second-order valence-electron chi connectivity index (χ2n) is 5.62. The fourth-order valence-corrected chi connectivity index (χ4v) is 3.00. The normalized spacial score (nSPS) is 18.9. The van der Waals surface area contributed by atoms with Crippen molar-refractivity contribution in [3.8, 4) is 0 Å². The molecule has 0 aliphatic carbocycles. The fraction of sp³-hybridized carbons (Fsp3) is 0.500. The molecule has 2 heterocycles. The monoisotopic (exact) mass is 272 g/mol. The molecule has 4 heteroatoms. The molecule has 0 radical (unpaired) electrons. The van der Waals surface area contributed by atoms with Gasteiger partial charge in [0.15, 0.2) is 0 Å². The van der Waals surface area contributed by atoms with E-state index in [0.29, 0.717) is 13.0 Å². The van der Waals surface area contributed by atoms with Crippen LogP contribution in [0.4, 0.5) is 0 Å². The molecule has 0 saturated carbocycles. The molecule has 0 aromatic heterocycles. The molecular weight excluding hydrogens is 252 g/mol. The van der Waals surface area contributed by atoms with E-state index in [4.69, 9.17) is 0 Å². The number of amides is 2. The van der Waals surface area contributed by atoms with Gasteiger partial charge in [0.2, 0.25) is 5.91 Å². The summed E-state index contributed by atoms with van der Waals surface area (Å²) < 4.78 is 0. The highest BCUT2D eigenvalue weighted by atomic mass is 16.2. The van der Waals surface area contributed by atoms with E-state index in [-0.39, 0.29) is 11.8 Å². The smallest absolute Gasteiger partial charge is 0.253 e. The Hall–Kier alpha value is -1.84. The second kappa shape index (κ2) is 5.65. The Morgan fingerprint density at radius 3 is 2.60 bits per heavy atom. The van der Waals surface area contributed by atoms with Gasteiger partial charge in [-0.25, -0.2) is 0 Å². The Kier molecular flexibility index (Phi) is 3.72. The summed E-state index contributed by atoms with van der Waals surface area (Å²) in [6, 6.07) is 7.72. The van der Waals surface area contributed by atoms with Crippen LogP contribution in [0.25, 0.3) is 0 Å². The zero-order valence-electron chi connectivity index (χ0n) is 11.7. The molecular formula is C16H20N2O2. The van der Waals surface area contributed by atoms with Gasteiger partial charge in [0.25, 0.3) is 5.91 Å². The van der Waals surface area contributed by atoms with Crippen LogP contribution >= 0.6 is 0 Å². The topological polar surface area (TPSA) is 40.6 Å². The number of nitrogens with zero attached hydrogens (tertiary/aromatic N) is 2. The molecule has 1 aromatic rings. The summed E-state index contributed by atoms with van der Waals surface area (Å²) >= 11 is 0. The standard InChI is InChI=1S/C16H20N2O2/c19-15-7-4-10-18(15)12-13-5-3-6-14(11-13)16(20)17-8-1-2-9-17/h3,5-6,11H,1-2,4,7-10,12H2. The molecule has 4 nitrogen and oxygen atoms in total. The quantitative estimate of drug-likeness (QED) is 0.845. The van der Waals surface area contributed by atoms with Crippen LogP contribution in [0.5, 0.6) is 0 Å². The summed E-state index contributed by atoms with van der Waals surface area (Å²) in [5.74, 6) is 0.346. The van der Waals surface area contributed by atoms with Crippen LogP contribution < -0.4 is 0 Å². The van der Waals surface area contributed by atoms with Gasteiger partial charge in [-0.2, -0.15) is 0 Å². The van der Waals surface area contributed by atoms with Crippen molar-refractivity contribution < 1.29 is 9.59 Å². The van der Waals surface area contributed by atoms with Gasteiger partial charge in [0.1, 0.15) is 0 Å². The molecule has 106 valence electrons. The van der Waals surface area contributed by atoms with Gasteiger partial charge in [-0.1, -0.05) is 12.1 Å². The van der Waals surface area contributed by atoms with Crippen molar-refractivity contribution in [2.75, 3.05) is 19.6 Å². The van der Waals surface area contributed by atoms with E-state index in [1.807, 2.05) is 34.1 Å². The van der Waals surface area contributed by atoms with Crippen molar-refractivity contribution in [1.29, 1.82) is 0 Å². The molecule has 0 unspecified atom stereocenters. The SMILES string of the molecule is O=C1CCCN1Cc1cccc(C(=O)N2CCCC2)c1. The Morgan fingerprint density at radius 2 is 1.90 bits per heavy atom. The predicted octanol–water partition coefficient (Wildman–Crippen LogP) is 2.04. The van der Waals surface area contributed by atoms with Crippen LogP contribution in [-0.2, 0) is 11.3 Å². The van der Waals surface area contributed by atoms with E-state index >= 15 is 0 Å². The lowest BCUT2D eigenvalue weighted by atomic mass is 10.1. The Balaban J connectivity index is 1.72. The average molecular weight is 272 g/mol. The summed E-state index contributed by atoms with van der Waals surface area (Å²) in [4.78, 5) is 27.8. The number of benzene rings is 1. The van der Waals surface area contributed by atoms with Crippen molar-refractivity contribution in [2.24, 2.45) is 0 Å². The minimum absolute atomic E-state index is 0.122. The van der Waals surface area contributed by atoms with Crippen LogP contribution in [0.3, 0.4) is 0 Å². The Bertz CT molecular complexity index is 521. The Labute approximate surface area is 119 Å². The number of likely N-dealkylation sites (tertiary alicyclic amines) is 2. The fourth-order valence-electron chi connectivity index (χ4n) is 3.00. The van der Waals surface area contributed by atoms with Crippen LogP contribution in [0.2, 0.25) is 0 Å². The first-order valence-electron chi connectivity index (χ1n) is 7.40. The third-order valence-electron chi connectivity index (χ3n) is 4.11. The zero-order valence-corrected chi connectivity index (χ0v) is 11.7. The van der Waals surface area contributed by atoms with Gasteiger partial charge >= 0.3 is 0 Å². The Morgan fingerprint density at radius 1 is 1.10 bits per heavy atom. The first-order valence-corrected chi connectivity index (χ1v) is 7.40. The summed E-state index contributed by atoms with van der Waals surface area (Å²) in [6.45, 7) is 3.20. The average Bonchev–Trinajstić information content (AvgIpc) is 3.11. The molecule has 0 N–H and O–H groups in total. The molecule has 3 rings (SSSR count). The van der Waals surface area contributed by atoms with Gasteiger partial charge in [0, 0.05) is 38.2 Å². The maximum absolute atomic E-state index is 12.3. The molecule has 2 aliphatic heterocycles. The highest BCUT2D eigenvalue weighted by molar-refractivity contribution is 5.94. The third-order valence-corrected chi connectivity index (χ3v) is 4.11. The third kappa shape index (κ3) is 2.69. The minimum Gasteiger partial charge on any atom is -0.339 e. The van der Waals surface area contributed by atoms with E-state index in [2.05, 4.69) is 0 Å². The lowest BCUT2D eigenvalue weighted by Gasteiger charge is -2.18. The maximum Gasteiger partial charge on any atom is 0.253 e. The molecule has 0 spiro atoms.